The number of rotatable bonds is 3. The van der Waals surface area contributed by atoms with Crippen molar-refractivity contribution in [2.45, 2.75) is 11.8 Å². The molecule has 4 nitrogen and oxygen atoms in total. The predicted octanol–water partition coefficient (Wildman–Crippen LogP) is 2.32. The molecule has 0 N–H and O–H groups in total. The predicted molar refractivity (Wildman–Crippen MR) is 68.5 cm³/mol. The van der Waals surface area contributed by atoms with E-state index in [1.165, 1.54) is 23.9 Å². The summed E-state index contributed by atoms with van der Waals surface area (Å²) in [4.78, 5) is 0.111. The van der Waals surface area contributed by atoms with Gasteiger partial charge in [-0.2, -0.15) is 8.42 Å². The molecule has 0 saturated heterocycles. The van der Waals surface area contributed by atoms with Gasteiger partial charge in [-0.05, 0) is 25.1 Å². The van der Waals surface area contributed by atoms with Crippen molar-refractivity contribution in [3.05, 3.63) is 42.0 Å². The number of thioether (sulfide) groups is 1. The molecule has 1 aromatic rings. The highest BCUT2D eigenvalue weighted by atomic mass is 32.2. The summed E-state index contributed by atoms with van der Waals surface area (Å²) in [6, 6.07) is 6.44. The normalized spacial score (nSPS) is 17.6. The van der Waals surface area contributed by atoms with Gasteiger partial charge in [0.05, 0.1) is 0 Å². The Labute approximate surface area is 104 Å². The topological polar surface area (TPSA) is 55.7 Å². The molecule has 0 radical (unpaired) electrons. The molecule has 0 spiro atoms. The van der Waals surface area contributed by atoms with Crippen molar-refractivity contribution in [2.75, 3.05) is 5.75 Å². The van der Waals surface area contributed by atoms with Gasteiger partial charge in [0.15, 0.2) is 0 Å². The highest BCUT2D eigenvalue weighted by molar-refractivity contribution is 8.14. The Morgan fingerprint density at radius 2 is 2.00 bits per heavy atom. The van der Waals surface area contributed by atoms with E-state index in [4.69, 9.17) is 0 Å². The Morgan fingerprint density at radius 1 is 1.29 bits per heavy atom. The van der Waals surface area contributed by atoms with Crippen LogP contribution in [0.1, 0.15) is 5.56 Å². The maximum absolute atomic E-state index is 11.7. The minimum Gasteiger partial charge on any atom is -0.264 e. The molecule has 0 atom stereocenters. The van der Waals surface area contributed by atoms with Gasteiger partial charge in [-0.3, -0.25) is 4.28 Å². The van der Waals surface area contributed by atoms with Crippen molar-refractivity contribution >= 4 is 26.9 Å². The zero-order valence-corrected chi connectivity index (χ0v) is 10.8. The van der Waals surface area contributed by atoms with Gasteiger partial charge in [0.25, 0.3) is 0 Å². The van der Waals surface area contributed by atoms with Crippen molar-refractivity contribution in [3.8, 4) is 0 Å². The zero-order valence-electron chi connectivity index (χ0n) is 9.16. The van der Waals surface area contributed by atoms with Crippen LogP contribution in [-0.4, -0.2) is 19.2 Å². The second-order valence-electron chi connectivity index (χ2n) is 3.48. The maximum atomic E-state index is 11.7. The highest BCUT2D eigenvalue weighted by Gasteiger charge is 2.16. The first-order chi connectivity index (χ1) is 8.08. The van der Waals surface area contributed by atoms with Crippen molar-refractivity contribution in [1.82, 2.24) is 0 Å². The van der Waals surface area contributed by atoms with E-state index in [9.17, 15) is 8.42 Å². The van der Waals surface area contributed by atoms with Crippen LogP contribution in [0.2, 0.25) is 0 Å². The highest BCUT2D eigenvalue weighted by Crippen LogP contribution is 2.17. The van der Waals surface area contributed by atoms with Gasteiger partial charge in [0.2, 0.25) is 0 Å². The number of oxime groups is 1. The van der Waals surface area contributed by atoms with Crippen molar-refractivity contribution in [3.63, 3.8) is 0 Å². The van der Waals surface area contributed by atoms with Crippen LogP contribution in [0.25, 0.3) is 0 Å². The van der Waals surface area contributed by atoms with Gasteiger partial charge < -0.3 is 0 Å². The summed E-state index contributed by atoms with van der Waals surface area (Å²) in [5.74, 6) is 0.798. The van der Waals surface area contributed by atoms with E-state index in [-0.39, 0.29) is 4.90 Å². The molecule has 0 bridgehead atoms. The van der Waals surface area contributed by atoms with Gasteiger partial charge in [-0.25, -0.2) is 0 Å². The minimum absolute atomic E-state index is 0.111. The molecule has 0 aromatic heterocycles. The van der Waals surface area contributed by atoms with Crippen molar-refractivity contribution < 1.29 is 12.7 Å². The lowest BCUT2D eigenvalue weighted by molar-refractivity contribution is 0.340. The second-order valence-corrected chi connectivity index (χ2v) is 6.05. The maximum Gasteiger partial charge on any atom is 0.358 e. The van der Waals surface area contributed by atoms with Crippen LogP contribution in [0.15, 0.2) is 46.5 Å². The molecule has 1 aromatic carbocycles. The molecule has 1 aliphatic rings. The van der Waals surface area contributed by atoms with Crippen LogP contribution >= 0.6 is 11.8 Å². The second kappa shape index (κ2) is 4.93. The van der Waals surface area contributed by atoms with Crippen molar-refractivity contribution in [2.24, 2.45) is 5.16 Å². The molecular weight excluding hydrogens is 258 g/mol. The molecule has 0 fully saturated rings. The van der Waals surface area contributed by atoms with E-state index < -0.39 is 10.1 Å². The van der Waals surface area contributed by atoms with Gasteiger partial charge in [-0.1, -0.05) is 40.7 Å². The van der Waals surface area contributed by atoms with E-state index >= 15 is 0 Å². The molecular formula is C11H11NO3S2. The van der Waals surface area contributed by atoms with Crippen LogP contribution in [0, 0.1) is 6.92 Å². The first kappa shape index (κ1) is 12.2. The lowest BCUT2D eigenvalue weighted by atomic mass is 10.2. The van der Waals surface area contributed by atoms with Crippen LogP contribution in [-0.2, 0) is 14.4 Å². The standard InChI is InChI=1S/C11H11NO3S2/c1-9-4-6-10(7-5-9)17(13,14)15-12-11-3-2-8-16-11/h2-7H,8H2,1H3. The Hall–Kier alpha value is -1.27. The summed E-state index contributed by atoms with van der Waals surface area (Å²) in [6.45, 7) is 1.89. The quantitative estimate of drug-likeness (QED) is 0.790. The average molecular weight is 269 g/mol. The fraction of sp³-hybridized carbons (Fsp3) is 0.182. The number of aryl methyl sites for hydroxylation is 1. The Bertz CT molecular complexity index is 559. The summed E-state index contributed by atoms with van der Waals surface area (Å²) in [7, 11) is -3.80. The van der Waals surface area contributed by atoms with E-state index in [1.54, 1.807) is 18.2 Å². The minimum atomic E-state index is -3.80. The number of hydrogen-bond donors (Lipinski definition) is 0. The molecule has 1 aliphatic heterocycles. The fourth-order valence-corrected chi connectivity index (χ4v) is 2.65. The van der Waals surface area contributed by atoms with Crippen LogP contribution < -0.4 is 0 Å². The van der Waals surface area contributed by atoms with Crippen LogP contribution in [0.5, 0.6) is 0 Å². The first-order valence-electron chi connectivity index (χ1n) is 4.95. The first-order valence-corrected chi connectivity index (χ1v) is 7.35. The summed E-state index contributed by atoms with van der Waals surface area (Å²) in [5.41, 5.74) is 0.990. The van der Waals surface area contributed by atoms with E-state index in [0.717, 1.165) is 11.3 Å². The molecule has 0 unspecified atom stereocenters. The molecule has 0 aliphatic carbocycles. The van der Waals surface area contributed by atoms with E-state index in [2.05, 4.69) is 9.44 Å². The van der Waals surface area contributed by atoms with Crippen molar-refractivity contribution in [1.29, 1.82) is 0 Å². The van der Waals surface area contributed by atoms with Gasteiger partial charge in [0, 0.05) is 5.75 Å². The Kier molecular flexibility index (Phi) is 3.54. The molecule has 0 amide bonds. The lowest BCUT2D eigenvalue weighted by Crippen LogP contribution is -2.03. The number of benzene rings is 1. The Morgan fingerprint density at radius 3 is 2.59 bits per heavy atom. The number of nitrogens with zero attached hydrogens (tertiary/aromatic N) is 1. The third-order valence-corrected chi connectivity index (χ3v) is 4.11. The zero-order chi connectivity index (χ0) is 12.3. The lowest BCUT2D eigenvalue weighted by Gasteiger charge is -2.02. The summed E-state index contributed by atoms with van der Waals surface area (Å²) < 4.78 is 28.1. The molecule has 90 valence electrons. The molecule has 1 heterocycles. The summed E-state index contributed by atoms with van der Waals surface area (Å²) in [5, 5.41) is 4.17. The third-order valence-electron chi connectivity index (χ3n) is 2.12. The largest absolute Gasteiger partial charge is 0.358 e. The van der Waals surface area contributed by atoms with Gasteiger partial charge in [-0.15, -0.1) is 0 Å². The summed E-state index contributed by atoms with van der Waals surface area (Å²) >= 11 is 1.43. The van der Waals surface area contributed by atoms with E-state index in [1.807, 2.05) is 13.0 Å². The smallest absolute Gasteiger partial charge is 0.264 e. The van der Waals surface area contributed by atoms with Gasteiger partial charge >= 0.3 is 10.1 Å². The average Bonchev–Trinajstić information content (AvgIpc) is 2.80. The summed E-state index contributed by atoms with van der Waals surface area (Å²) in [6.07, 6.45) is 3.63. The molecule has 17 heavy (non-hydrogen) atoms. The SMILES string of the molecule is Cc1ccc(S(=O)(=O)ON=C2C=CCS2)cc1. The fourth-order valence-electron chi connectivity index (χ4n) is 1.22. The van der Waals surface area contributed by atoms with E-state index in [0.29, 0.717) is 5.04 Å². The molecule has 6 heteroatoms. The Balaban J connectivity index is 2.16. The number of hydrogen-bond acceptors (Lipinski definition) is 5. The van der Waals surface area contributed by atoms with Crippen LogP contribution in [0.3, 0.4) is 0 Å². The monoisotopic (exact) mass is 269 g/mol. The third kappa shape index (κ3) is 3.10. The van der Waals surface area contributed by atoms with Crippen LogP contribution in [0.4, 0.5) is 0 Å². The molecule has 0 saturated carbocycles. The molecule has 2 rings (SSSR count). The van der Waals surface area contributed by atoms with Gasteiger partial charge in [0.1, 0.15) is 9.94 Å².